The highest BCUT2D eigenvalue weighted by Crippen LogP contribution is 2.28. The van der Waals surface area contributed by atoms with E-state index < -0.39 is 5.60 Å². The Labute approximate surface area is 101 Å². The van der Waals surface area contributed by atoms with Crippen molar-refractivity contribution >= 4 is 5.82 Å². The van der Waals surface area contributed by atoms with Crippen LogP contribution in [0.3, 0.4) is 0 Å². The molecule has 1 unspecified atom stereocenters. The minimum Gasteiger partial charge on any atom is -0.388 e. The number of aryl methyl sites for hydroxylation is 1. The van der Waals surface area contributed by atoms with Crippen molar-refractivity contribution in [3.63, 3.8) is 0 Å². The molecule has 5 nitrogen and oxygen atoms in total. The quantitative estimate of drug-likeness (QED) is 0.779. The second-order valence-electron chi connectivity index (χ2n) is 4.89. The first-order valence-corrected chi connectivity index (χ1v) is 5.66. The van der Waals surface area contributed by atoms with Gasteiger partial charge in [0.2, 0.25) is 0 Å². The fourth-order valence-electron chi connectivity index (χ4n) is 2.08. The molecule has 1 fully saturated rings. The molecule has 17 heavy (non-hydrogen) atoms. The van der Waals surface area contributed by atoms with E-state index in [-0.39, 0.29) is 0 Å². The lowest BCUT2D eigenvalue weighted by Gasteiger charge is -2.21. The van der Waals surface area contributed by atoms with E-state index in [0.717, 1.165) is 11.3 Å². The fourth-order valence-corrected chi connectivity index (χ4v) is 2.08. The molecule has 0 amide bonds. The van der Waals surface area contributed by atoms with E-state index in [0.29, 0.717) is 30.9 Å². The fraction of sp³-hybridized carbons (Fsp3) is 0.583. The van der Waals surface area contributed by atoms with Crippen LogP contribution in [0.25, 0.3) is 0 Å². The first-order valence-electron chi connectivity index (χ1n) is 5.66. The zero-order valence-corrected chi connectivity index (χ0v) is 10.4. The number of aromatic nitrogens is 2. The molecule has 1 aliphatic rings. The molecule has 1 atom stereocenters. The van der Waals surface area contributed by atoms with E-state index in [2.05, 4.69) is 16.3 Å². The third-order valence-electron chi connectivity index (χ3n) is 3.30. The molecule has 0 bridgehead atoms. The maximum Gasteiger partial charge on any atom is 0.169 e. The highest BCUT2D eigenvalue weighted by molar-refractivity contribution is 5.58. The molecule has 0 radical (unpaired) electrons. The van der Waals surface area contributed by atoms with Gasteiger partial charge in [-0.05, 0) is 32.8 Å². The Kier molecular flexibility index (Phi) is 2.76. The normalized spacial score (nSPS) is 23.8. The Bertz CT molecular complexity index is 490. The van der Waals surface area contributed by atoms with Crippen LogP contribution in [-0.4, -0.2) is 34.0 Å². The molecule has 0 saturated carbocycles. The Morgan fingerprint density at radius 3 is 2.65 bits per heavy atom. The van der Waals surface area contributed by atoms with Crippen molar-refractivity contribution in [1.82, 2.24) is 10.2 Å². The number of hydrogen-bond donors (Lipinski definition) is 1. The molecule has 5 heteroatoms. The molecule has 1 N–H and O–H groups in total. The first kappa shape index (κ1) is 11.8. The summed E-state index contributed by atoms with van der Waals surface area (Å²) in [6.07, 6.45) is 0.687. The summed E-state index contributed by atoms with van der Waals surface area (Å²) in [4.78, 5) is 1.93. The van der Waals surface area contributed by atoms with Crippen molar-refractivity contribution < 1.29 is 5.11 Å². The summed E-state index contributed by atoms with van der Waals surface area (Å²) in [6.45, 7) is 6.72. The zero-order chi connectivity index (χ0) is 12.6. The summed E-state index contributed by atoms with van der Waals surface area (Å²) in [7, 11) is 0. The summed E-state index contributed by atoms with van der Waals surface area (Å²) < 4.78 is 0. The van der Waals surface area contributed by atoms with Crippen LogP contribution in [0.5, 0.6) is 0 Å². The molecular weight excluding hydrogens is 216 g/mol. The Hall–Kier alpha value is -1.67. The van der Waals surface area contributed by atoms with Crippen molar-refractivity contribution in [2.24, 2.45) is 0 Å². The largest absolute Gasteiger partial charge is 0.388 e. The average Bonchev–Trinajstić information content (AvgIpc) is 2.62. The molecule has 90 valence electrons. The van der Waals surface area contributed by atoms with E-state index in [4.69, 9.17) is 0 Å². The summed E-state index contributed by atoms with van der Waals surface area (Å²) >= 11 is 0. The molecule has 0 spiro atoms. The number of rotatable bonds is 1. The molecule has 0 aliphatic carbocycles. The van der Waals surface area contributed by atoms with Gasteiger partial charge in [0.05, 0.1) is 11.3 Å². The third kappa shape index (κ3) is 2.08. The van der Waals surface area contributed by atoms with Crippen molar-refractivity contribution in [3.05, 3.63) is 16.8 Å². The third-order valence-corrected chi connectivity index (χ3v) is 3.30. The minimum absolute atomic E-state index is 0.499. The van der Waals surface area contributed by atoms with Gasteiger partial charge in [-0.15, -0.1) is 5.10 Å². The van der Waals surface area contributed by atoms with Gasteiger partial charge in [0.15, 0.2) is 5.82 Å². The lowest BCUT2D eigenvalue weighted by molar-refractivity contribution is 0.0839. The van der Waals surface area contributed by atoms with Crippen LogP contribution in [0.1, 0.15) is 30.2 Å². The summed E-state index contributed by atoms with van der Waals surface area (Å²) in [5.41, 5.74) is 1.50. The van der Waals surface area contributed by atoms with Crippen molar-refractivity contribution in [3.8, 4) is 6.07 Å². The van der Waals surface area contributed by atoms with Crippen molar-refractivity contribution in [2.45, 2.75) is 32.8 Å². The van der Waals surface area contributed by atoms with Crippen LogP contribution >= 0.6 is 0 Å². The molecular formula is C12H16N4O. The number of aliphatic hydroxyl groups is 1. The number of nitrogens with zero attached hydrogens (tertiary/aromatic N) is 4. The summed E-state index contributed by atoms with van der Waals surface area (Å²) in [5.74, 6) is 0.591. The maximum atomic E-state index is 9.94. The summed E-state index contributed by atoms with van der Waals surface area (Å²) in [6, 6.07) is 2.18. The molecule has 2 heterocycles. The van der Waals surface area contributed by atoms with E-state index >= 15 is 0 Å². The number of nitriles is 1. The lowest BCUT2D eigenvalue weighted by Crippen LogP contribution is -2.30. The zero-order valence-electron chi connectivity index (χ0n) is 10.4. The van der Waals surface area contributed by atoms with Gasteiger partial charge in [-0.3, -0.25) is 0 Å². The predicted molar refractivity (Wildman–Crippen MR) is 63.7 cm³/mol. The van der Waals surface area contributed by atoms with Gasteiger partial charge in [-0.2, -0.15) is 10.4 Å². The second-order valence-corrected chi connectivity index (χ2v) is 4.89. The van der Waals surface area contributed by atoms with Crippen LogP contribution in [0.2, 0.25) is 0 Å². The standard InChI is InChI=1S/C12H16N4O/c1-8-9(2)14-15-11(10(8)6-13)16-5-4-12(3,17)7-16/h17H,4-5,7H2,1-3H3. The molecule has 1 aromatic heterocycles. The number of hydrogen-bond acceptors (Lipinski definition) is 5. The average molecular weight is 232 g/mol. The van der Waals surface area contributed by atoms with Crippen molar-refractivity contribution in [1.29, 1.82) is 5.26 Å². The van der Waals surface area contributed by atoms with Gasteiger partial charge in [-0.1, -0.05) is 0 Å². The molecule has 0 aromatic carbocycles. The van der Waals surface area contributed by atoms with Crippen LogP contribution < -0.4 is 4.90 Å². The predicted octanol–water partition coefficient (Wildman–Crippen LogP) is 0.926. The van der Waals surface area contributed by atoms with E-state index in [1.165, 1.54) is 0 Å². The lowest BCUT2D eigenvalue weighted by atomic mass is 10.1. The number of anilines is 1. The van der Waals surface area contributed by atoms with Gasteiger partial charge in [0.1, 0.15) is 11.6 Å². The highest BCUT2D eigenvalue weighted by Gasteiger charge is 2.33. The highest BCUT2D eigenvalue weighted by atomic mass is 16.3. The molecule has 1 aromatic rings. The van der Waals surface area contributed by atoms with Crippen LogP contribution in [0.4, 0.5) is 5.82 Å². The minimum atomic E-state index is -0.701. The maximum absolute atomic E-state index is 9.94. The van der Waals surface area contributed by atoms with Crippen LogP contribution in [0.15, 0.2) is 0 Å². The molecule has 1 saturated heterocycles. The Balaban J connectivity index is 2.41. The molecule has 2 rings (SSSR count). The first-order chi connectivity index (χ1) is 7.94. The van der Waals surface area contributed by atoms with Gasteiger partial charge in [0, 0.05) is 13.1 Å². The van der Waals surface area contributed by atoms with Gasteiger partial charge in [0.25, 0.3) is 0 Å². The van der Waals surface area contributed by atoms with Crippen molar-refractivity contribution in [2.75, 3.05) is 18.0 Å². The van der Waals surface area contributed by atoms with Gasteiger partial charge < -0.3 is 10.0 Å². The van der Waals surface area contributed by atoms with E-state index in [1.54, 1.807) is 6.92 Å². The van der Waals surface area contributed by atoms with Gasteiger partial charge in [-0.25, -0.2) is 0 Å². The molecule has 1 aliphatic heterocycles. The smallest absolute Gasteiger partial charge is 0.169 e. The Morgan fingerprint density at radius 2 is 2.12 bits per heavy atom. The number of β-amino-alcohol motifs (C(OH)–C–C–N with tert-alkyl or cyclic N) is 1. The monoisotopic (exact) mass is 232 g/mol. The topological polar surface area (TPSA) is 73.0 Å². The van der Waals surface area contributed by atoms with E-state index in [1.807, 2.05) is 18.7 Å². The van der Waals surface area contributed by atoms with Gasteiger partial charge >= 0.3 is 0 Å². The van der Waals surface area contributed by atoms with Crippen LogP contribution in [-0.2, 0) is 0 Å². The Morgan fingerprint density at radius 1 is 1.41 bits per heavy atom. The SMILES string of the molecule is Cc1nnc(N2CCC(C)(O)C2)c(C#N)c1C. The van der Waals surface area contributed by atoms with Crippen LogP contribution in [0, 0.1) is 25.2 Å². The summed E-state index contributed by atoms with van der Waals surface area (Å²) in [5, 5.41) is 27.3. The second kappa shape index (κ2) is 3.97. The van der Waals surface area contributed by atoms with E-state index in [9.17, 15) is 10.4 Å².